The molecule has 0 saturated heterocycles. The van der Waals surface area contributed by atoms with Crippen molar-refractivity contribution in [1.82, 2.24) is 20.3 Å². The van der Waals surface area contributed by atoms with Gasteiger partial charge in [-0.05, 0) is 49.6 Å². The van der Waals surface area contributed by atoms with E-state index in [9.17, 15) is 4.79 Å². The summed E-state index contributed by atoms with van der Waals surface area (Å²) >= 11 is 0. The van der Waals surface area contributed by atoms with Crippen molar-refractivity contribution in [3.05, 3.63) is 71.5 Å². The van der Waals surface area contributed by atoms with E-state index < -0.39 is 5.54 Å². The Hall–Kier alpha value is -3.87. The molecule has 0 aliphatic heterocycles. The fourth-order valence-corrected chi connectivity index (χ4v) is 5.08. The number of para-hydroxylation sites is 1. The van der Waals surface area contributed by atoms with Gasteiger partial charge < -0.3 is 19.8 Å². The van der Waals surface area contributed by atoms with Crippen LogP contribution in [0.15, 0.2) is 54.7 Å². The van der Waals surface area contributed by atoms with E-state index in [1.165, 1.54) is 19.8 Å². The number of fused-ring (bicyclic) bond motifs is 1. The van der Waals surface area contributed by atoms with Crippen molar-refractivity contribution in [2.45, 2.75) is 44.6 Å². The van der Waals surface area contributed by atoms with Crippen LogP contribution >= 0.6 is 0 Å². The number of ether oxygens (including phenoxy) is 2. The lowest BCUT2D eigenvalue weighted by Gasteiger charge is -2.37. The average Bonchev–Trinajstić information content (AvgIpc) is 3.40. The van der Waals surface area contributed by atoms with Gasteiger partial charge in [-0.15, -0.1) is 0 Å². The average molecular weight is 471 g/mol. The summed E-state index contributed by atoms with van der Waals surface area (Å²) in [7, 11) is 3.04. The number of rotatable bonds is 6. The van der Waals surface area contributed by atoms with E-state index in [-0.39, 0.29) is 11.8 Å². The number of aromatic amines is 1. The lowest BCUT2D eigenvalue weighted by atomic mass is 9.79. The molecule has 35 heavy (non-hydrogen) atoms. The number of hydrogen-bond acceptors (Lipinski definition) is 5. The Morgan fingerprint density at radius 3 is 2.57 bits per heavy atom. The molecule has 2 N–H and O–H groups in total. The number of H-pyrrole nitrogens is 1. The highest BCUT2D eigenvalue weighted by molar-refractivity contribution is 5.97. The van der Waals surface area contributed by atoms with E-state index in [1.54, 1.807) is 12.1 Å². The van der Waals surface area contributed by atoms with Gasteiger partial charge in [-0.25, -0.2) is 4.98 Å². The third kappa shape index (κ3) is 4.34. The van der Waals surface area contributed by atoms with Gasteiger partial charge in [0.25, 0.3) is 5.91 Å². The van der Waals surface area contributed by atoms with E-state index in [0.29, 0.717) is 11.4 Å². The van der Waals surface area contributed by atoms with Gasteiger partial charge in [0.15, 0.2) is 0 Å². The minimum atomic E-state index is -0.496. The van der Waals surface area contributed by atoms with Crippen LogP contribution < -0.4 is 14.8 Å². The zero-order chi connectivity index (χ0) is 24.4. The molecular weight excluding hydrogens is 440 g/mol. The molecule has 3 heterocycles. The Kier molecular flexibility index (Phi) is 6.16. The number of aryl methyl sites for hydroxylation is 1. The zero-order valence-electron chi connectivity index (χ0n) is 20.4. The van der Waals surface area contributed by atoms with E-state index in [2.05, 4.69) is 40.4 Å². The molecule has 1 aromatic carbocycles. The number of carbonyl (C=O) groups is 1. The second-order valence-electron chi connectivity index (χ2n) is 9.15. The molecule has 0 atom stereocenters. The maximum absolute atomic E-state index is 13.4. The first-order valence-electron chi connectivity index (χ1n) is 12.0. The monoisotopic (exact) mass is 470 g/mol. The van der Waals surface area contributed by atoms with Crippen molar-refractivity contribution >= 4 is 16.8 Å². The number of hydrogen-bond donors (Lipinski definition) is 2. The fraction of sp³-hybridized carbons (Fsp3) is 0.321. The molecule has 0 bridgehead atoms. The Balaban J connectivity index is 1.49. The molecule has 0 spiro atoms. The summed E-state index contributed by atoms with van der Waals surface area (Å²) in [5.74, 6) is 0.434. The molecule has 180 valence electrons. The van der Waals surface area contributed by atoms with E-state index >= 15 is 0 Å². The quantitative estimate of drug-likeness (QED) is 0.386. The second kappa shape index (κ2) is 9.41. The molecule has 1 aliphatic rings. The minimum absolute atomic E-state index is 0.213. The highest BCUT2D eigenvalue weighted by atomic mass is 16.5. The third-order valence-corrected chi connectivity index (χ3v) is 6.96. The van der Waals surface area contributed by atoms with Crippen LogP contribution in [0.25, 0.3) is 22.2 Å². The fourth-order valence-electron chi connectivity index (χ4n) is 5.08. The summed E-state index contributed by atoms with van der Waals surface area (Å²) in [5, 5.41) is 4.49. The SMILES string of the molecule is COc1ccc(C(=O)NC2(c3cc(-c4cc(C)c5ccccc5n4)c[nH]3)CCCCC2)c(OC)n1. The second-order valence-corrected chi connectivity index (χ2v) is 9.15. The number of nitrogens with zero attached hydrogens (tertiary/aromatic N) is 2. The van der Waals surface area contributed by atoms with E-state index in [0.717, 1.165) is 60.0 Å². The molecule has 1 fully saturated rings. The van der Waals surface area contributed by atoms with Crippen LogP contribution in [0.3, 0.4) is 0 Å². The number of carbonyl (C=O) groups excluding carboxylic acids is 1. The normalized spacial score (nSPS) is 15.1. The molecule has 1 aliphatic carbocycles. The van der Waals surface area contributed by atoms with Gasteiger partial charge >= 0.3 is 0 Å². The highest BCUT2D eigenvalue weighted by Gasteiger charge is 2.37. The van der Waals surface area contributed by atoms with Crippen molar-refractivity contribution in [3.8, 4) is 23.0 Å². The molecule has 0 radical (unpaired) electrons. The molecule has 1 saturated carbocycles. The first-order chi connectivity index (χ1) is 17.0. The molecule has 7 nitrogen and oxygen atoms in total. The lowest BCUT2D eigenvalue weighted by Crippen LogP contribution is -2.47. The first kappa shape index (κ1) is 22.9. The molecular formula is C28H30N4O3. The van der Waals surface area contributed by atoms with Crippen molar-refractivity contribution in [1.29, 1.82) is 0 Å². The van der Waals surface area contributed by atoms with Gasteiger partial charge in [0.05, 0.1) is 31.0 Å². The van der Waals surface area contributed by atoms with Crippen molar-refractivity contribution in [3.63, 3.8) is 0 Å². The van der Waals surface area contributed by atoms with Gasteiger partial charge in [0.1, 0.15) is 5.56 Å². The van der Waals surface area contributed by atoms with Gasteiger partial charge in [0, 0.05) is 28.9 Å². The Morgan fingerprint density at radius 1 is 1.00 bits per heavy atom. The van der Waals surface area contributed by atoms with Gasteiger partial charge in [-0.2, -0.15) is 4.98 Å². The molecule has 7 heteroatoms. The van der Waals surface area contributed by atoms with Crippen LogP contribution in [0, 0.1) is 6.92 Å². The van der Waals surface area contributed by atoms with E-state index in [1.807, 2.05) is 24.4 Å². The number of benzene rings is 1. The maximum atomic E-state index is 13.4. The summed E-state index contributed by atoms with van der Waals surface area (Å²) in [6, 6.07) is 15.8. The lowest BCUT2D eigenvalue weighted by molar-refractivity contribution is 0.0859. The first-order valence-corrected chi connectivity index (χ1v) is 12.0. The number of amides is 1. The van der Waals surface area contributed by atoms with Crippen LogP contribution in [0.4, 0.5) is 0 Å². The predicted molar refractivity (Wildman–Crippen MR) is 136 cm³/mol. The third-order valence-electron chi connectivity index (χ3n) is 6.96. The summed E-state index contributed by atoms with van der Waals surface area (Å²) in [4.78, 5) is 26.1. The van der Waals surface area contributed by atoms with Crippen molar-refractivity contribution < 1.29 is 14.3 Å². The van der Waals surface area contributed by atoms with Crippen molar-refractivity contribution in [2.75, 3.05) is 14.2 Å². The summed E-state index contributed by atoms with van der Waals surface area (Å²) in [5.41, 5.74) is 4.98. The molecule has 0 unspecified atom stereocenters. The van der Waals surface area contributed by atoms with Crippen LogP contribution in [-0.2, 0) is 5.54 Å². The van der Waals surface area contributed by atoms with Crippen LogP contribution in [-0.4, -0.2) is 35.1 Å². The maximum Gasteiger partial charge on any atom is 0.257 e. The van der Waals surface area contributed by atoms with Crippen LogP contribution in [0.2, 0.25) is 0 Å². The molecule has 3 aromatic heterocycles. The number of aromatic nitrogens is 3. The van der Waals surface area contributed by atoms with Crippen molar-refractivity contribution in [2.24, 2.45) is 0 Å². The van der Waals surface area contributed by atoms with Gasteiger partial charge in [0.2, 0.25) is 11.8 Å². The highest BCUT2D eigenvalue weighted by Crippen LogP contribution is 2.39. The minimum Gasteiger partial charge on any atom is -0.481 e. The standard InChI is InChI=1S/C28H30N4O3/c1-18-15-23(30-22-10-6-5-9-20(18)22)19-16-24(29-17-19)28(13-7-4-8-14-28)32-26(33)21-11-12-25(34-2)31-27(21)35-3/h5-6,9-12,15-17,29H,4,7-8,13-14H2,1-3H3,(H,32,33). The summed E-state index contributed by atoms with van der Waals surface area (Å²) < 4.78 is 10.6. The predicted octanol–water partition coefficient (Wildman–Crippen LogP) is 5.54. The smallest absolute Gasteiger partial charge is 0.257 e. The summed E-state index contributed by atoms with van der Waals surface area (Å²) in [6.45, 7) is 2.11. The molecule has 4 aromatic rings. The largest absolute Gasteiger partial charge is 0.481 e. The van der Waals surface area contributed by atoms with Crippen LogP contribution in [0.5, 0.6) is 11.8 Å². The van der Waals surface area contributed by atoms with Crippen LogP contribution in [0.1, 0.15) is 53.7 Å². The Labute approximate surface area is 204 Å². The van der Waals surface area contributed by atoms with Gasteiger partial charge in [-0.3, -0.25) is 4.79 Å². The molecule has 5 rings (SSSR count). The van der Waals surface area contributed by atoms with Gasteiger partial charge in [-0.1, -0.05) is 37.5 Å². The molecule has 1 amide bonds. The topological polar surface area (TPSA) is 89.1 Å². The number of nitrogens with one attached hydrogen (secondary N) is 2. The van der Waals surface area contributed by atoms with E-state index in [4.69, 9.17) is 14.5 Å². The number of methoxy groups -OCH3 is 2. The number of pyridine rings is 2. The summed E-state index contributed by atoms with van der Waals surface area (Å²) in [6.07, 6.45) is 6.94. The zero-order valence-corrected chi connectivity index (χ0v) is 20.4. The Bertz CT molecular complexity index is 1370. The Morgan fingerprint density at radius 2 is 1.80 bits per heavy atom.